The Morgan fingerprint density at radius 2 is 2.29 bits per heavy atom. The van der Waals surface area contributed by atoms with Crippen molar-refractivity contribution in [2.75, 3.05) is 19.8 Å². The van der Waals surface area contributed by atoms with Crippen LogP contribution in [0.2, 0.25) is 0 Å². The molecule has 0 amide bonds. The highest BCUT2D eigenvalue weighted by molar-refractivity contribution is 5.11. The lowest BCUT2D eigenvalue weighted by Crippen LogP contribution is -2.25. The van der Waals surface area contributed by atoms with Crippen molar-refractivity contribution < 1.29 is 4.74 Å². The summed E-state index contributed by atoms with van der Waals surface area (Å²) in [6.45, 7) is 6.40. The highest BCUT2D eigenvalue weighted by atomic mass is 16.5. The molecule has 1 unspecified atom stereocenters. The van der Waals surface area contributed by atoms with Crippen LogP contribution in [0, 0.1) is 0 Å². The van der Waals surface area contributed by atoms with E-state index in [0.29, 0.717) is 6.61 Å². The van der Waals surface area contributed by atoms with Crippen LogP contribution in [-0.4, -0.2) is 30.0 Å². The summed E-state index contributed by atoms with van der Waals surface area (Å²) in [4.78, 5) is 0. The molecule has 0 spiro atoms. The van der Waals surface area contributed by atoms with E-state index in [2.05, 4.69) is 22.4 Å². The molecule has 1 rings (SSSR count). The highest BCUT2D eigenvalue weighted by Gasteiger charge is 2.09. The Morgan fingerprint density at radius 1 is 1.43 bits per heavy atom. The zero-order chi connectivity index (χ0) is 10.2. The van der Waals surface area contributed by atoms with Gasteiger partial charge in [-0.15, -0.1) is 0 Å². The van der Waals surface area contributed by atoms with Crippen molar-refractivity contribution in [3.63, 3.8) is 0 Å². The van der Waals surface area contributed by atoms with Gasteiger partial charge in [0.1, 0.15) is 0 Å². The zero-order valence-corrected chi connectivity index (χ0v) is 8.73. The third-order valence-corrected chi connectivity index (χ3v) is 1.95. The minimum atomic E-state index is 0.218. The highest BCUT2D eigenvalue weighted by Crippen LogP contribution is 2.10. The number of likely N-dealkylation sites (N-methyl/N-ethyl adjacent to an activating group) is 1. The van der Waals surface area contributed by atoms with Gasteiger partial charge in [0.25, 0.3) is 0 Å². The molecule has 0 saturated heterocycles. The van der Waals surface area contributed by atoms with Gasteiger partial charge in [0, 0.05) is 12.8 Å². The van der Waals surface area contributed by atoms with Crippen LogP contribution in [0.5, 0.6) is 0 Å². The Kier molecular flexibility index (Phi) is 5.11. The van der Waals surface area contributed by atoms with Crippen LogP contribution in [0.4, 0.5) is 0 Å². The van der Waals surface area contributed by atoms with Crippen LogP contribution in [0.1, 0.15) is 25.5 Å². The molecular weight excluding hydrogens is 178 g/mol. The Labute approximate surface area is 84.7 Å². The molecule has 1 aromatic rings. The topological polar surface area (TPSA) is 47.0 Å². The second-order valence-corrected chi connectivity index (χ2v) is 2.95. The molecule has 0 fully saturated rings. The molecule has 0 aromatic carbocycles. The third-order valence-electron chi connectivity index (χ3n) is 1.95. The van der Waals surface area contributed by atoms with Crippen molar-refractivity contribution in [2.45, 2.75) is 19.9 Å². The van der Waals surface area contributed by atoms with E-state index >= 15 is 0 Å². The van der Waals surface area contributed by atoms with Gasteiger partial charge in [-0.25, -0.2) is 0 Å². The lowest BCUT2D eigenvalue weighted by atomic mass is 10.1. The van der Waals surface area contributed by atoms with E-state index in [-0.39, 0.29) is 6.04 Å². The van der Waals surface area contributed by atoms with E-state index in [1.807, 2.05) is 13.0 Å². The van der Waals surface area contributed by atoms with E-state index in [1.165, 1.54) is 0 Å². The summed E-state index contributed by atoms with van der Waals surface area (Å²) in [5.74, 6) is 0. The van der Waals surface area contributed by atoms with Crippen molar-refractivity contribution in [1.82, 2.24) is 15.5 Å². The van der Waals surface area contributed by atoms with Gasteiger partial charge in [0.15, 0.2) is 0 Å². The molecule has 0 aliphatic rings. The quantitative estimate of drug-likeness (QED) is 0.740. The first-order chi connectivity index (χ1) is 6.88. The molecule has 1 heterocycles. The fraction of sp³-hybridized carbons (Fsp3) is 0.600. The van der Waals surface area contributed by atoms with Crippen LogP contribution in [0.3, 0.4) is 0 Å². The molecule has 78 valence electrons. The SMILES string of the molecule is CCNC(COCC)c1ccnnc1. The molecule has 0 aliphatic carbocycles. The van der Waals surface area contributed by atoms with E-state index < -0.39 is 0 Å². The Bertz CT molecular complexity index is 240. The first-order valence-electron chi connectivity index (χ1n) is 4.96. The summed E-state index contributed by atoms with van der Waals surface area (Å²) >= 11 is 0. The lowest BCUT2D eigenvalue weighted by Gasteiger charge is -2.17. The molecular formula is C10H17N3O. The van der Waals surface area contributed by atoms with E-state index in [9.17, 15) is 0 Å². The number of rotatable bonds is 6. The van der Waals surface area contributed by atoms with Gasteiger partial charge >= 0.3 is 0 Å². The second kappa shape index (κ2) is 6.45. The van der Waals surface area contributed by atoms with Gasteiger partial charge in [0.2, 0.25) is 0 Å². The maximum atomic E-state index is 5.39. The van der Waals surface area contributed by atoms with Gasteiger partial charge in [-0.3, -0.25) is 0 Å². The molecule has 0 aliphatic heterocycles. The van der Waals surface area contributed by atoms with Crippen LogP contribution in [-0.2, 0) is 4.74 Å². The molecule has 1 N–H and O–H groups in total. The van der Waals surface area contributed by atoms with Crippen molar-refractivity contribution in [3.05, 3.63) is 24.0 Å². The summed E-state index contributed by atoms with van der Waals surface area (Å²) in [5.41, 5.74) is 1.12. The van der Waals surface area contributed by atoms with E-state index in [0.717, 1.165) is 18.7 Å². The lowest BCUT2D eigenvalue weighted by molar-refractivity contribution is 0.123. The standard InChI is InChI=1S/C10H17N3O/c1-3-11-10(8-14-4-2)9-5-6-12-13-7-9/h5-7,10-11H,3-4,8H2,1-2H3. The number of hydrogen-bond acceptors (Lipinski definition) is 4. The summed E-state index contributed by atoms with van der Waals surface area (Å²) in [7, 11) is 0. The number of nitrogens with zero attached hydrogens (tertiary/aromatic N) is 2. The van der Waals surface area contributed by atoms with Crippen molar-refractivity contribution >= 4 is 0 Å². The Hall–Kier alpha value is -1.00. The zero-order valence-electron chi connectivity index (χ0n) is 8.73. The average Bonchev–Trinajstić information content (AvgIpc) is 2.25. The minimum absolute atomic E-state index is 0.218. The van der Waals surface area contributed by atoms with Crippen LogP contribution < -0.4 is 5.32 Å². The van der Waals surface area contributed by atoms with Gasteiger partial charge in [-0.1, -0.05) is 6.92 Å². The first kappa shape index (κ1) is 11.1. The predicted octanol–water partition coefficient (Wildman–Crippen LogP) is 1.16. The molecule has 4 heteroatoms. The summed E-state index contributed by atoms with van der Waals surface area (Å²) in [6, 6.07) is 2.18. The van der Waals surface area contributed by atoms with Crippen LogP contribution in [0.15, 0.2) is 18.5 Å². The monoisotopic (exact) mass is 195 g/mol. The third kappa shape index (κ3) is 3.40. The fourth-order valence-electron chi connectivity index (χ4n) is 1.26. The van der Waals surface area contributed by atoms with Gasteiger partial charge in [0.05, 0.1) is 18.8 Å². The fourth-order valence-corrected chi connectivity index (χ4v) is 1.26. The van der Waals surface area contributed by atoms with Crippen molar-refractivity contribution in [1.29, 1.82) is 0 Å². The summed E-state index contributed by atoms with van der Waals surface area (Å²) in [5, 5.41) is 10.9. The Morgan fingerprint density at radius 3 is 2.86 bits per heavy atom. The molecule has 14 heavy (non-hydrogen) atoms. The molecule has 1 atom stereocenters. The minimum Gasteiger partial charge on any atom is -0.380 e. The van der Waals surface area contributed by atoms with Gasteiger partial charge in [-0.05, 0) is 25.1 Å². The first-order valence-corrected chi connectivity index (χ1v) is 4.96. The average molecular weight is 195 g/mol. The summed E-state index contributed by atoms with van der Waals surface area (Å²) < 4.78 is 5.39. The van der Waals surface area contributed by atoms with Gasteiger partial charge in [-0.2, -0.15) is 10.2 Å². The number of nitrogens with one attached hydrogen (secondary N) is 1. The van der Waals surface area contributed by atoms with E-state index in [1.54, 1.807) is 12.4 Å². The predicted molar refractivity (Wildman–Crippen MR) is 54.9 cm³/mol. The normalized spacial score (nSPS) is 12.7. The number of aromatic nitrogens is 2. The van der Waals surface area contributed by atoms with Crippen LogP contribution in [0.25, 0.3) is 0 Å². The Balaban J connectivity index is 2.58. The molecule has 0 bridgehead atoms. The summed E-state index contributed by atoms with van der Waals surface area (Å²) in [6.07, 6.45) is 3.47. The molecule has 4 nitrogen and oxygen atoms in total. The van der Waals surface area contributed by atoms with Crippen LogP contribution >= 0.6 is 0 Å². The largest absolute Gasteiger partial charge is 0.380 e. The van der Waals surface area contributed by atoms with Gasteiger partial charge < -0.3 is 10.1 Å². The molecule has 0 radical (unpaired) electrons. The van der Waals surface area contributed by atoms with E-state index in [4.69, 9.17) is 4.74 Å². The maximum absolute atomic E-state index is 5.39. The molecule has 0 saturated carbocycles. The number of ether oxygens (including phenoxy) is 1. The second-order valence-electron chi connectivity index (χ2n) is 2.95. The smallest absolute Gasteiger partial charge is 0.0661 e. The number of hydrogen-bond donors (Lipinski definition) is 1. The van der Waals surface area contributed by atoms with Crippen molar-refractivity contribution in [3.8, 4) is 0 Å². The molecule has 1 aromatic heterocycles. The van der Waals surface area contributed by atoms with Crippen molar-refractivity contribution in [2.24, 2.45) is 0 Å². The maximum Gasteiger partial charge on any atom is 0.0661 e.